The van der Waals surface area contributed by atoms with Crippen molar-refractivity contribution in [1.82, 2.24) is 9.71 Å². The van der Waals surface area contributed by atoms with E-state index in [1.165, 1.54) is 18.3 Å². The Morgan fingerprint density at radius 1 is 1.20 bits per heavy atom. The smallest absolute Gasteiger partial charge is 0.242 e. The van der Waals surface area contributed by atoms with E-state index in [9.17, 15) is 8.42 Å². The van der Waals surface area contributed by atoms with Crippen molar-refractivity contribution >= 4 is 37.6 Å². The molecule has 4 nitrogen and oxygen atoms in total. The minimum atomic E-state index is -3.62. The van der Waals surface area contributed by atoms with Crippen LogP contribution in [-0.2, 0) is 10.0 Å². The molecule has 20 heavy (non-hydrogen) atoms. The second kappa shape index (κ2) is 6.22. The van der Waals surface area contributed by atoms with Crippen molar-refractivity contribution in [1.29, 1.82) is 0 Å². The van der Waals surface area contributed by atoms with Crippen LogP contribution in [0.2, 0.25) is 5.15 Å². The molecule has 0 bridgehead atoms. The normalized spacial score (nSPS) is 13.2. The molecule has 7 heteroatoms. The molecule has 106 valence electrons. The number of pyridine rings is 1. The molecule has 0 aliphatic heterocycles. The predicted octanol–water partition coefficient (Wildman–Crippen LogP) is 3.54. The molecule has 0 fully saturated rings. The highest BCUT2D eigenvalue weighted by Crippen LogP contribution is 2.19. The molecular weight excluding hydrogens is 364 g/mol. The van der Waals surface area contributed by atoms with Gasteiger partial charge in [-0.3, -0.25) is 0 Å². The van der Waals surface area contributed by atoms with Gasteiger partial charge >= 0.3 is 0 Å². The average Bonchev–Trinajstić information content (AvgIpc) is 2.39. The Morgan fingerprint density at radius 2 is 1.85 bits per heavy atom. The largest absolute Gasteiger partial charge is 0.243 e. The molecule has 0 spiro atoms. The third-order valence-electron chi connectivity index (χ3n) is 2.71. The number of halogens is 2. The number of nitrogens with one attached hydrogen (secondary N) is 1. The van der Waals surface area contributed by atoms with Crippen LogP contribution in [0.15, 0.2) is 52.0 Å². The van der Waals surface area contributed by atoms with E-state index in [0.717, 1.165) is 10.0 Å². The fraction of sp³-hybridized carbons (Fsp3) is 0.154. The maximum atomic E-state index is 12.2. The van der Waals surface area contributed by atoms with Crippen LogP contribution in [0, 0.1) is 0 Å². The van der Waals surface area contributed by atoms with Crippen molar-refractivity contribution in [2.45, 2.75) is 17.9 Å². The zero-order valence-electron chi connectivity index (χ0n) is 10.5. The van der Waals surface area contributed by atoms with E-state index in [-0.39, 0.29) is 16.1 Å². The minimum Gasteiger partial charge on any atom is -0.243 e. The molecule has 0 aliphatic rings. The molecule has 1 heterocycles. The number of nitrogens with zero attached hydrogens (tertiary/aromatic N) is 1. The first-order chi connectivity index (χ1) is 9.38. The third-order valence-corrected chi connectivity index (χ3v) is 4.99. The van der Waals surface area contributed by atoms with Gasteiger partial charge < -0.3 is 0 Å². The lowest BCUT2D eigenvalue weighted by atomic mass is 10.1. The number of benzene rings is 1. The van der Waals surface area contributed by atoms with Crippen LogP contribution in [0.5, 0.6) is 0 Å². The summed E-state index contributed by atoms with van der Waals surface area (Å²) in [4.78, 5) is 3.87. The monoisotopic (exact) mass is 374 g/mol. The lowest BCUT2D eigenvalue weighted by Gasteiger charge is -2.14. The molecule has 2 aromatic rings. The second-order valence-corrected chi connectivity index (χ2v) is 7.23. The van der Waals surface area contributed by atoms with Gasteiger partial charge in [0, 0.05) is 16.7 Å². The van der Waals surface area contributed by atoms with Crippen molar-refractivity contribution in [3.8, 4) is 0 Å². The number of sulfonamides is 1. The van der Waals surface area contributed by atoms with Crippen molar-refractivity contribution in [2.75, 3.05) is 0 Å². The first kappa shape index (κ1) is 15.4. The highest BCUT2D eigenvalue weighted by molar-refractivity contribution is 9.10. The highest BCUT2D eigenvalue weighted by atomic mass is 79.9. The molecule has 1 N–H and O–H groups in total. The van der Waals surface area contributed by atoms with Crippen molar-refractivity contribution < 1.29 is 8.42 Å². The van der Waals surface area contributed by atoms with Gasteiger partial charge in [0.05, 0.1) is 0 Å². The van der Waals surface area contributed by atoms with Crippen LogP contribution in [0.3, 0.4) is 0 Å². The first-order valence-corrected chi connectivity index (χ1v) is 8.43. The summed E-state index contributed by atoms with van der Waals surface area (Å²) in [5.74, 6) is 0. The molecule has 1 aromatic carbocycles. The number of hydrogen-bond acceptors (Lipinski definition) is 3. The van der Waals surface area contributed by atoms with E-state index in [4.69, 9.17) is 11.6 Å². The Labute approximate surface area is 131 Å². The summed E-state index contributed by atoms with van der Waals surface area (Å²) in [6, 6.07) is 9.97. The van der Waals surface area contributed by atoms with Crippen LogP contribution < -0.4 is 4.72 Å². The lowest BCUT2D eigenvalue weighted by molar-refractivity contribution is 0.566. The molecule has 0 saturated carbocycles. The Hall–Kier alpha value is -0.950. The highest BCUT2D eigenvalue weighted by Gasteiger charge is 2.18. The van der Waals surface area contributed by atoms with Gasteiger partial charge in [0.2, 0.25) is 10.0 Å². The molecule has 0 aliphatic carbocycles. The van der Waals surface area contributed by atoms with Gasteiger partial charge in [-0.05, 0) is 36.8 Å². The van der Waals surface area contributed by atoms with Gasteiger partial charge in [-0.15, -0.1) is 0 Å². The summed E-state index contributed by atoms with van der Waals surface area (Å²) in [5.41, 5.74) is 0.874. The van der Waals surface area contributed by atoms with Crippen LogP contribution in [0.1, 0.15) is 18.5 Å². The first-order valence-electron chi connectivity index (χ1n) is 5.78. The van der Waals surface area contributed by atoms with E-state index in [0.29, 0.717) is 0 Å². The van der Waals surface area contributed by atoms with Crippen LogP contribution in [0.4, 0.5) is 0 Å². The van der Waals surface area contributed by atoms with E-state index in [1.54, 1.807) is 6.92 Å². The summed E-state index contributed by atoms with van der Waals surface area (Å²) in [6.07, 6.45) is 1.24. The van der Waals surface area contributed by atoms with E-state index in [1.807, 2.05) is 24.3 Å². The van der Waals surface area contributed by atoms with E-state index >= 15 is 0 Å². The molecule has 1 aromatic heterocycles. The number of hydrogen-bond donors (Lipinski definition) is 1. The van der Waals surface area contributed by atoms with Gasteiger partial charge in [-0.2, -0.15) is 0 Å². The zero-order valence-corrected chi connectivity index (χ0v) is 13.7. The van der Waals surface area contributed by atoms with Crippen molar-refractivity contribution in [2.24, 2.45) is 0 Å². The molecule has 0 amide bonds. The zero-order chi connectivity index (χ0) is 14.8. The Bertz CT molecular complexity index is 687. The molecule has 1 atom stereocenters. The maximum Gasteiger partial charge on any atom is 0.242 e. The maximum absolute atomic E-state index is 12.2. The van der Waals surface area contributed by atoms with E-state index in [2.05, 4.69) is 25.6 Å². The summed E-state index contributed by atoms with van der Waals surface area (Å²) >= 11 is 8.99. The molecular formula is C13H12BrClN2O2S. The summed E-state index contributed by atoms with van der Waals surface area (Å²) in [7, 11) is -3.62. The fourth-order valence-corrected chi connectivity index (χ4v) is 3.19. The molecule has 2 rings (SSSR count). The van der Waals surface area contributed by atoms with Gasteiger partial charge in [-0.1, -0.05) is 39.7 Å². The van der Waals surface area contributed by atoms with Crippen molar-refractivity contribution in [3.63, 3.8) is 0 Å². The lowest BCUT2D eigenvalue weighted by Crippen LogP contribution is -2.26. The van der Waals surface area contributed by atoms with Crippen LogP contribution in [0.25, 0.3) is 0 Å². The van der Waals surface area contributed by atoms with Gasteiger partial charge in [0.1, 0.15) is 10.0 Å². The summed E-state index contributed by atoms with van der Waals surface area (Å²) in [5, 5.41) is 0.255. The Kier molecular flexibility index (Phi) is 4.80. The standard InChI is InChI=1S/C13H12BrClN2O2S/c1-9(10-2-4-11(14)5-3-10)17-20(18,19)12-6-7-13(15)16-8-12/h2-9,17H,1H3/t9-/m1/s1. The summed E-state index contributed by atoms with van der Waals surface area (Å²) in [6.45, 7) is 1.78. The van der Waals surface area contributed by atoms with Gasteiger partial charge in [-0.25, -0.2) is 18.1 Å². The molecule has 0 radical (unpaired) electrons. The average molecular weight is 376 g/mol. The Balaban J connectivity index is 2.19. The minimum absolute atomic E-state index is 0.0888. The third kappa shape index (κ3) is 3.79. The quantitative estimate of drug-likeness (QED) is 0.832. The number of rotatable bonds is 4. The predicted molar refractivity (Wildman–Crippen MR) is 82.1 cm³/mol. The Morgan fingerprint density at radius 3 is 2.40 bits per heavy atom. The van der Waals surface area contributed by atoms with E-state index < -0.39 is 10.0 Å². The molecule has 0 unspecified atom stereocenters. The van der Waals surface area contributed by atoms with Crippen LogP contribution >= 0.6 is 27.5 Å². The second-order valence-electron chi connectivity index (χ2n) is 4.21. The molecule has 0 saturated heterocycles. The van der Waals surface area contributed by atoms with Crippen molar-refractivity contribution in [3.05, 3.63) is 57.8 Å². The topological polar surface area (TPSA) is 59.1 Å². The number of aromatic nitrogens is 1. The van der Waals surface area contributed by atoms with Crippen LogP contribution in [-0.4, -0.2) is 13.4 Å². The fourth-order valence-electron chi connectivity index (χ4n) is 1.64. The van der Waals surface area contributed by atoms with Gasteiger partial charge in [0.25, 0.3) is 0 Å². The van der Waals surface area contributed by atoms with Gasteiger partial charge in [0.15, 0.2) is 0 Å². The summed E-state index contributed by atoms with van der Waals surface area (Å²) < 4.78 is 27.9. The SMILES string of the molecule is C[C@@H](NS(=O)(=O)c1ccc(Cl)nc1)c1ccc(Br)cc1.